The number of nitrogens with zero attached hydrogens (tertiary/aromatic N) is 1. The van der Waals surface area contributed by atoms with Crippen molar-refractivity contribution in [1.29, 1.82) is 0 Å². The van der Waals surface area contributed by atoms with Crippen molar-refractivity contribution in [2.45, 2.75) is 0 Å². The van der Waals surface area contributed by atoms with Gasteiger partial charge in [0.05, 0.1) is 5.52 Å². The third-order valence-corrected chi connectivity index (χ3v) is 1.79. The number of fused-ring (bicyclic) bond motifs is 1. The molecule has 0 aliphatic carbocycles. The van der Waals surface area contributed by atoms with E-state index in [2.05, 4.69) is 17.6 Å². The van der Waals surface area contributed by atoms with Crippen LogP contribution in [0.5, 0.6) is 0 Å². The zero-order valence-corrected chi connectivity index (χ0v) is 6.62. The molecule has 2 rings (SSSR count). The molecule has 0 N–H and O–H groups in total. The quantitative estimate of drug-likeness (QED) is 0.615. The Kier molecular flexibility index (Phi) is 1.63. The number of hydrogen-bond acceptors (Lipinski definition) is 1. The molecule has 57 valence electrons. The van der Waals surface area contributed by atoms with Crippen molar-refractivity contribution in [3.05, 3.63) is 54.7 Å². The largest absolute Gasteiger partial charge is 0.256 e. The Hall–Kier alpha value is -1.63. The van der Waals surface area contributed by atoms with Gasteiger partial charge in [0.25, 0.3) is 0 Å². The van der Waals surface area contributed by atoms with E-state index in [-0.39, 0.29) is 0 Å². The number of benzene rings is 1. The highest BCUT2D eigenvalue weighted by molar-refractivity contribution is 5.78. The van der Waals surface area contributed by atoms with E-state index < -0.39 is 0 Å². The minimum Gasteiger partial charge on any atom is -0.256 e. The topological polar surface area (TPSA) is 12.9 Å². The van der Waals surface area contributed by atoms with Crippen LogP contribution in [-0.2, 0) is 0 Å². The maximum Gasteiger partial charge on any atom is 0.0702 e. The van der Waals surface area contributed by atoms with Crippen LogP contribution in [0.3, 0.4) is 0 Å². The fourth-order valence-electron chi connectivity index (χ4n) is 1.17. The Labute approximate surface area is 71.4 Å². The summed E-state index contributed by atoms with van der Waals surface area (Å²) >= 11 is 0. The van der Waals surface area contributed by atoms with Crippen LogP contribution in [0.2, 0.25) is 0 Å². The lowest BCUT2D eigenvalue weighted by molar-refractivity contribution is 1.37. The SMILES string of the molecule is C=[C]c1cnc2ccccc2c1. The van der Waals surface area contributed by atoms with Gasteiger partial charge in [0.15, 0.2) is 0 Å². The molecular formula is C11H8N. The van der Waals surface area contributed by atoms with Crippen molar-refractivity contribution in [3.63, 3.8) is 0 Å². The molecule has 0 unspecified atom stereocenters. The summed E-state index contributed by atoms with van der Waals surface area (Å²) in [6, 6.07) is 10.0. The molecule has 0 fully saturated rings. The highest BCUT2D eigenvalue weighted by atomic mass is 14.6. The van der Waals surface area contributed by atoms with Gasteiger partial charge in [0, 0.05) is 17.1 Å². The van der Waals surface area contributed by atoms with Gasteiger partial charge in [-0.2, -0.15) is 0 Å². The summed E-state index contributed by atoms with van der Waals surface area (Å²) in [7, 11) is 0. The lowest BCUT2D eigenvalue weighted by Gasteiger charge is -1.96. The van der Waals surface area contributed by atoms with Crippen LogP contribution < -0.4 is 0 Å². The van der Waals surface area contributed by atoms with Gasteiger partial charge in [-0.3, -0.25) is 4.98 Å². The average Bonchev–Trinajstić information content (AvgIpc) is 2.17. The number of pyridine rings is 1. The molecule has 0 saturated carbocycles. The number of rotatable bonds is 1. The minimum absolute atomic E-state index is 0.939. The summed E-state index contributed by atoms with van der Waals surface area (Å²) in [4.78, 5) is 4.25. The van der Waals surface area contributed by atoms with E-state index in [0.29, 0.717) is 0 Å². The van der Waals surface area contributed by atoms with E-state index in [1.54, 1.807) is 6.20 Å². The second kappa shape index (κ2) is 2.78. The van der Waals surface area contributed by atoms with Gasteiger partial charge < -0.3 is 0 Å². The van der Waals surface area contributed by atoms with Gasteiger partial charge in [-0.05, 0) is 18.2 Å². The van der Waals surface area contributed by atoms with Crippen LogP contribution in [0.15, 0.2) is 43.1 Å². The lowest BCUT2D eigenvalue weighted by Crippen LogP contribution is -1.80. The molecule has 2 aromatic rings. The van der Waals surface area contributed by atoms with Gasteiger partial charge in [-0.15, -0.1) is 0 Å². The predicted octanol–water partition coefficient (Wildman–Crippen LogP) is 2.57. The van der Waals surface area contributed by atoms with Crippen LogP contribution in [-0.4, -0.2) is 4.98 Å². The Morgan fingerprint density at radius 1 is 1.25 bits per heavy atom. The first-order valence-electron chi connectivity index (χ1n) is 3.78. The summed E-state index contributed by atoms with van der Waals surface area (Å²) in [5.41, 5.74) is 1.95. The lowest BCUT2D eigenvalue weighted by atomic mass is 10.2. The van der Waals surface area contributed by atoms with E-state index >= 15 is 0 Å². The van der Waals surface area contributed by atoms with Gasteiger partial charge in [-0.1, -0.05) is 24.8 Å². The number of hydrogen-bond donors (Lipinski definition) is 0. The molecule has 0 amide bonds. The fourth-order valence-corrected chi connectivity index (χ4v) is 1.17. The summed E-state index contributed by atoms with van der Waals surface area (Å²) in [6.45, 7) is 3.57. The van der Waals surface area contributed by atoms with Crippen molar-refractivity contribution in [1.82, 2.24) is 4.98 Å². The van der Waals surface area contributed by atoms with Gasteiger partial charge in [0.1, 0.15) is 0 Å². The van der Waals surface area contributed by atoms with Crippen LogP contribution in [0.25, 0.3) is 10.9 Å². The van der Waals surface area contributed by atoms with E-state index in [1.165, 1.54) is 0 Å². The second-order valence-electron chi connectivity index (χ2n) is 2.59. The molecule has 0 spiro atoms. The molecule has 0 aliphatic heterocycles. The first kappa shape index (κ1) is 7.04. The van der Waals surface area contributed by atoms with Gasteiger partial charge >= 0.3 is 0 Å². The fraction of sp³-hybridized carbons (Fsp3) is 0. The van der Waals surface area contributed by atoms with E-state index in [1.807, 2.05) is 30.3 Å². The Bertz CT molecular complexity index is 418. The van der Waals surface area contributed by atoms with E-state index in [4.69, 9.17) is 0 Å². The Morgan fingerprint density at radius 3 is 2.92 bits per heavy atom. The monoisotopic (exact) mass is 154 g/mol. The third-order valence-electron chi connectivity index (χ3n) is 1.79. The maximum absolute atomic E-state index is 4.25. The van der Waals surface area contributed by atoms with Crippen LogP contribution in [0.1, 0.15) is 5.56 Å². The first-order chi connectivity index (χ1) is 5.90. The Balaban J connectivity index is 2.75. The maximum atomic E-state index is 4.25. The first-order valence-corrected chi connectivity index (χ1v) is 3.78. The normalized spacial score (nSPS) is 10.0. The highest BCUT2D eigenvalue weighted by Crippen LogP contribution is 2.11. The molecule has 1 nitrogen and oxygen atoms in total. The minimum atomic E-state index is 0.939. The molecular weight excluding hydrogens is 146 g/mol. The summed E-state index contributed by atoms with van der Waals surface area (Å²) < 4.78 is 0. The van der Waals surface area contributed by atoms with Crippen molar-refractivity contribution >= 4 is 10.9 Å². The standard InChI is InChI=1S/C11H8N/c1-2-9-7-10-5-3-4-6-11(10)12-8-9/h3-8H,1H2. The molecule has 0 atom stereocenters. The molecule has 1 aromatic carbocycles. The molecule has 1 aromatic heterocycles. The second-order valence-corrected chi connectivity index (χ2v) is 2.59. The highest BCUT2D eigenvalue weighted by Gasteiger charge is 1.92. The number of aromatic nitrogens is 1. The van der Waals surface area contributed by atoms with Gasteiger partial charge in [0.2, 0.25) is 0 Å². The van der Waals surface area contributed by atoms with Crippen molar-refractivity contribution < 1.29 is 0 Å². The molecule has 1 radical (unpaired) electrons. The van der Waals surface area contributed by atoms with Crippen molar-refractivity contribution in [2.75, 3.05) is 0 Å². The molecule has 1 heterocycles. The molecule has 0 saturated heterocycles. The third kappa shape index (κ3) is 1.10. The Morgan fingerprint density at radius 2 is 2.08 bits per heavy atom. The zero-order chi connectivity index (χ0) is 8.39. The zero-order valence-electron chi connectivity index (χ0n) is 6.62. The molecule has 0 aliphatic rings. The van der Waals surface area contributed by atoms with Gasteiger partial charge in [-0.25, -0.2) is 0 Å². The van der Waals surface area contributed by atoms with Crippen molar-refractivity contribution in [2.24, 2.45) is 0 Å². The number of para-hydroxylation sites is 1. The summed E-state index contributed by atoms with van der Waals surface area (Å²) in [5, 5.41) is 1.13. The molecule has 1 heteroatoms. The smallest absolute Gasteiger partial charge is 0.0702 e. The molecule has 0 bridgehead atoms. The van der Waals surface area contributed by atoms with Crippen LogP contribution in [0.4, 0.5) is 0 Å². The molecule has 12 heavy (non-hydrogen) atoms. The predicted molar refractivity (Wildman–Crippen MR) is 49.7 cm³/mol. The van der Waals surface area contributed by atoms with Crippen molar-refractivity contribution in [3.8, 4) is 0 Å². The summed E-state index contributed by atoms with van der Waals surface area (Å²) in [6.07, 6.45) is 4.58. The summed E-state index contributed by atoms with van der Waals surface area (Å²) in [5.74, 6) is 0. The van der Waals surface area contributed by atoms with Crippen LogP contribution in [0, 0.1) is 6.08 Å². The average molecular weight is 154 g/mol. The van der Waals surface area contributed by atoms with E-state index in [0.717, 1.165) is 16.5 Å². The van der Waals surface area contributed by atoms with E-state index in [9.17, 15) is 0 Å². The van der Waals surface area contributed by atoms with Crippen LogP contribution >= 0.6 is 0 Å².